The smallest absolute Gasteiger partial charge is 0.273 e. The standard InChI is InChI=1S/C14H16N2O3/c1-10-4-3-5-11(8-10)13-9-12(16-19-13)14(17)15-6-7-18-2/h3-5,8-9H,6-7H2,1-2H3,(H,15,17). The predicted molar refractivity (Wildman–Crippen MR) is 70.9 cm³/mol. The number of carbonyl (C=O) groups is 1. The molecule has 0 spiro atoms. The molecule has 5 heteroatoms. The van der Waals surface area contributed by atoms with Gasteiger partial charge in [0.2, 0.25) is 0 Å². The molecule has 1 heterocycles. The summed E-state index contributed by atoms with van der Waals surface area (Å²) in [5, 5.41) is 6.46. The van der Waals surface area contributed by atoms with Crippen molar-refractivity contribution in [2.75, 3.05) is 20.3 Å². The zero-order valence-electron chi connectivity index (χ0n) is 11.0. The maximum Gasteiger partial charge on any atom is 0.273 e. The first kappa shape index (κ1) is 13.3. The molecular weight excluding hydrogens is 244 g/mol. The summed E-state index contributed by atoms with van der Waals surface area (Å²) in [6.07, 6.45) is 0. The zero-order chi connectivity index (χ0) is 13.7. The number of benzene rings is 1. The third-order valence-electron chi connectivity index (χ3n) is 2.64. The number of nitrogens with zero attached hydrogens (tertiary/aromatic N) is 1. The van der Waals surface area contributed by atoms with Crippen LogP contribution >= 0.6 is 0 Å². The first-order valence-corrected chi connectivity index (χ1v) is 6.01. The van der Waals surface area contributed by atoms with Crippen LogP contribution in [-0.4, -0.2) is 31.3 Å². The quantitative estimate of drug-likeness (QED) is 0.835. The Morgan fingerprint density at radius 3 is 3.00 bits per heavy atom. The van der Waals surface area contributed by atoms with Gasteiger partial charge in [0.25, 0.3) is 5.91 Å². The van der Waals surface area contributed by atoms with Crippen LogP contribution in [-0.2, 0) is 4.74 Å². The van der Waals surface area contributed by atoms with E-state index in [0.717, 1.165) is 11.1 Å². The predicted octanol–water partition coefficient (Wildman–Crippen LogP) is 2.03. The Labute approximate surface area is 111 Å². The lowest BCUT2D eigenvalue weighted by Gasteiger charge is -2.00. The summed E-state index contributed by atoms with van der Waals surface area (Å²) in [7, 11) is 1.58. The molecule has 1 aromatic heterocycles. The molecule has 5 nitrogen and oxygen atoms in total. The van der Waals surface area contributed by atoms with E-state index in [0.29, 0.717) is 18.9 Å². The second-order valence-electron chi connectivity index (χ2n) is 4.19. The van der Waals surface area contributed by atoms with Crippen LogP contribution in [0.3, 0.4) is 0 Å². The third-order valence-corrected chi connectivity index (χ3v) is 2.64. The molecular formula is C14H16N2O3. The summed E-state index contributed by atoms with van der Waals surface area (Å²) in [4.78, 5) is 11.7. The summed E-state index contributed by atoms with van der Waals surface area (Å²) in [5.74, 6) is 0.320. The van der Waals surface area contributed by atoms with Crippen LogP contribution in [0.15, 0.2) is 34.9 Å². The van der Waals surface area contributed by atoms with Gasteiger partial charge in [-0.15, -0.1) is 0 Å². The van der Waals surface area contributed by atoms with Gasteiger partial charge in [-0.1, -0.05) is 28.9 Å². The van der Waals surface area contributed by atoms with Gasteiger partial charge in [0.15, 0.2) is 11.5 Å². The molecule has 0 aliphatic heterocycles. The first-order chi connectivity index (χ1) is 9.20. The Kier molecular flexibility index (Phi) is 4.30. The Balaban J connectivity index is 2.08. The molecule has 100 valence electrons. The fraction of sp³-hybridized carbons (Fsp3) is 0.286. The SMILES string of the molecule is COCCNC(=O)c1cc(-c2cccc(C)c2)on1. The normalized spacial score (nSPS) is 10.4. The Hall–Kier alpha value is -2.14. The van der Waals surface area contributed by atoms with Crippen LogP contribution in [0.25, 0.3) is 11.3 Å². The molecule has 2 aromatic rings. The van der Waals surface area contributed by atoms with Crippen LogP contribution < -0.4 is 5.32 Å². The number of hydrogen-bond acceptors (Lipinski definition) is 4. The zero-order valence-corrected chi connectivity index (χ0v) is 11.0. The van der Waals surface area contributed by atoms with E-state index >= 15 is 0 Å². The highest BCUT2D eigenvalue weighted by Gasteiger charge is 2.13. The molecule has 0 saturated heterocycles. The van der Waals surface area contributed by atoms with Gasteiger partial charge in [-0.2, -0.15) is 0 Å². The fourth-order valence-corrected chi connectivity index (χ4v) is 1.67. The maximum atomic E-state index is 11.7. The van der Waals surface area contributed by atoms with Crippen molar-refractivity contribution >= 4 is 5.91 Å². The van der Waals surface area contributed by atoms with Crippen LogP contribution in [0.5, 0.6) is 0 Å². The average molecular weight is 260 g/mol. The van der Waals surface area contributed by atoms with Gasteiger partial charge in [0.1, 0.15) is 0 Å². The second kappa shape index (κ2) is 6.15. The highest BCUT2D eigenvalue weighted by atomic mass is 16.5. The van der Waals surface area contributed by atoms with E-state index in [2.05, 4.69) is 10.5 Å². The minimum Gasteiger partial charge on any atom is -0.383 e. The first-order valence-electron chi connectivity index (χ1n) is 6.01. The van der Waals surface area contributed by atoms with E-state index in [4.69, 9.17) is 9.26 Å². The topological polar surface area (TPSA) is 64.4 Å². The van der Waals surface area contributed by atoms with Crippen molar-refractivity contribution in [3.8, 4) is 11.3 Å². The van der Waals surface area contributed by atoms with E-state index in [-0.39, 0.29) is 11.6 Å². The van der Waals surface area contributed by atoms with Gasteiger partial charge in [0.05, 0.1) is 6.61 Å². The van der Waals surface area contributed by atoms with Gasteiger partial charge in [0, 0.05) is 25.3 Å². The molecule has 0 unspecified atom stereocenters. The summed E-state index contributed by atoms with van der Waals surface area (Å²) < 4.78 is 10.0. The van der Waals surface area contributed by atoms with Crippen LogP contribution in [0.4, 0.5) is 0 Å². The van der Waals surface area contributed by atoms with Gasteiger partial charge < -0.3 is 14.6 Å². The molecule has 0 aliphatic carbocycles. The van der Waals surface area contributed by atoms with Crippen molar-refractivity contribution in [2.24, 2.45) is 0 Å². The lowest BCUT2D eigenvalue weighted by Crippen LogP contribution is -2.27. The van der Waals surface area contributed by atoms with Crippen molar-refractivity contribution in [1.82, 2.24) is 10.5 Å². The minimum atomic E-state index is -0.264. The molecule has 2 rings (SSSR count). The monoisotopic (exact) mass is 260 g/mol. The average Bonchev–Trinajstić information content (AvgIpc) is 2.88. The highest BCUT2D eigenvalue weighted by Crippen LogP contribution is 2.21. The number of carbonyl (C=O) groups excluding carboxylic acids is 1. The number of aryl methyl sites for hydroxylation is 1. The molecule has 0 atom stereocenters. The third kappa shape index (κ3) is 3.42. The summed E-state index contributed by atoms with van der Waals surface area (Å²) in [6.45, 7) is 2.91. The molecule has 0 radical (unpaired) electrons. The fourth-order valence-electron chi connectivity index (χ4n) is 1.67. The lowest BCUT2D eigenvalue weighted by atomic mass is 10.1. The number of methoxy groups -OCH3 is 1. The van der Waals surface area contributed by atoms with Gasteiger partial charge in [-0.05, 0) is 13.0 Å². The van der Waals surface area contributed by atoms with Crippen molar-refractivity contribution in [3.05, 3.63) is 41.6 Å². The number of ether oxygens (including phenoxy) is 1. The Morgan fingerprint density at radius 1 is 1.42 bits per heavy atom. The molecule has 1 N–H and O–H groups in total. The van der Waals surface area contributed by atoms with Crippen molar-refractivity contribution in [1.29, 1.82) is 0 Å². The van der Waals surface area contributed by atoms with Gasteiger partial charge >= 0.3 is 0 Å². The summed E-state index contributed by atoms with van der Waals surface area (Å²) >= 11 is 0. The van der Waals surface area contributed by atoms with Crippen molar-refractivity contribution < 1.29 is 14.1 Å². The number of nitrogens with one attached hydrogen (secondary N) is 1. The molecule has 0 bridgehead atoms. The van der Waals surface area contributed by atoms with E-state index in [1.807, 2.05) is 31.2 Å². The van der Waals surface area contributed by atoms with Crippen LogP contribution in [0, 0.1) is 6.92 Å². The number of hydrogen-bond donors (Lipinski definition) is 1. The van der Waals surface area contributed by atoms with Crippen LogP contribution in [0.2, 0.25) is 0 Å². The second-order valence-corrected chi connectivity index (χ2v) is 4.19. The molecule has 0 fully saturated rings. The van der Waals surface area contributed by atoms with E-state index in [1.165, 1.54) is 0 Å². The molecule has 0 saturated carbocycles. The van der Waals surface area contributed by atoms with E-state index in [1.54, 1.807) is 13.2 Å². The lowest BCUT2D eigenvalue weighted by molar-refractivity contribution is 0.0928. The minimum absolute atomic E-state index is 0.264. The molecule has 19 heavy (non-hydrogen) atoms. The largest absolute Gasteiger partial charge is 0.383 e. The Bertz CT molecular complexity index is 563. The van der Waals surface area contributed by atoms with Gasteiger partial charge in [-0.3, -0.25) is 4.79 Å². The van der Waals surface area contributed by atoms with E-state index in [9.17, 15) is 4.79 Å². The molecule has 0 aliphatic rings. The summed E-state index contributed by atoms with van der Waals surface area (Å²) in [6, 6.07) is 9.47. The van der Waals surface area contributed by atoms with E-state index < -0.39 is 0 Å². The van der Waals surface area contributed by atoms with Crippen molar-refractivity contribution in [2.45, 2.75) is 6.92 Å². The number of aromatic nitrogens is 1. The molecule has 1 aromatic carbocycles. The number of rotatable bonds is 5. The summed E-state index contributed by atoms with van der Waals surface area (Å²) in [5.41, 5.74) is 2.30. The Morgan fingerprint density at radius 2 is 2.26 bits per heavy atom. The number of amides is 1. The highest BCUT2D eigenvalue weighted by molar-refractivity contribution is 5.93. The molecule has 1 amide bonds. The van der Waals surface area contributed by atoms with Crippen molar-refractivity contribution in [3.63, 3.8) is 0 Å². The van der Waals surface area contributed by atoms with Gasteiger partial charge in [-0.25, -0.2) is 0 Å². The van der Waals surface area contributed by atoms with Crippen LogP contribution in [0.1, 0.15) is 16.1 Å². The maximum absolute atomic E-state index is 11.7.